The van der Waals surface area contributed by atoms with E-state index in [9.17, 15) is 9.79 Å². The summed E-state index contributed by atoms with van der Waals surface area (Å²) in [5, 5.41) is 0. The molecule has 0 saturated heterocycles. The number of hydrogen-bond donors (Lipinski definition) is 6. The van der Waals surface area contributed by atoms with Gasteiger partial charge in [-0.15, -0.1) is 10.1 Å². The van der Waals surface area contributed by atoms with Crippen LogP contribution in [-0.4, -0.2) is 21.3 Å². The fourth-order valence-electron chi connectivity index (χ4n) is 2.45. The van der Waals surface area contributed by atoms with Gasteiger partial charge in [0.1, 0.15) is 0 Å². The first kappa shape index (κ1) is 32.6. The van der Waals surface area contributed by atoms with Crippen LogP contribution in [0.1, 0.15) is 90.9 Å². The molecule has 0 unspecified atom stereocenters. The highest BCUT2D eigenvalue weighted by Crippen LogP contribution is 2.47. The van der Waals surface area contributed by atoms with Crippen LogP contribution in [0.5, 0.6) is 0 Å². The van der Waals surface area contributed by atoms with Gasteiger partial charge in [-0.1, -0.05) is 90.3 Å². The minimum absolute atomic E-state index is 0. The Morgan fingerprint density at radius 1 is 0.625 bits per heavy atom. The molecule has 0 spiro atoms. The highest BCUT2D eigenvalue weighted by Gasteiger charge is 2.10. The van der Waals surface area contributed by atoms with E-state index in [1.165, 1.54) is 64.2 Å². The van der Waals surface area contributed by atoms with Crippen molar-refractivity contribution in [3.63, 3.8) is 0 Å². The average Bonchev–Trinajstić information content (AvgIpc) is 2.42. The molecule has 8 heteroatoms. The lowest BCUT2D eigenvalue weighted by molar-refractivity contribution is 0.502. The second-order valence-corrected chi connectivity index (χ2v) is 14.2. The van der Waals surface area contributed by atoms with Crippen LogP contribution in [0.15, 0.2) is 0 Å². The summed E-state index contributed by atoms with van der Waals surface area (Å²) in [5.41, 5.74) is -2.93. The molecule has 0 amide bonds. The molecule has 0 aliphatic rings. The summed E-state index contributed by atoms with van der Waals surface area (Å²) < 4.78 is 0. The maximum absolute atomic E-state index is 9.90. The van der Waals surface area contributed by atoms with Gasteiger partial charge < -0.3 is 28.2 Å². The molecule has 0 aromatic rings. The molecule has 0 atom stereocenters. The molecule has 11 N–H and O–H groups in total. The van der Waals surface area contributed by atoms with Crippen LogP contribution in [0.3, 0.4) is 0 Å². The molecular weight excluding hydrogens is 361 g/mol. The average molecular weight is 408 g/mol. The van der Waals surface area contributed by atoms with Crippen molar-refractivity contribution in [1.82, 2.24) is 18.5 Å². The molecule has 0 aromatic heterocycles. The van der Waals surface area contributed by atoms with Crippen molar-refractivity contribution < 1.29 is 9.79 Å². The van der Waals surface area contributed by atoms with Crippen LogP contribution in [0, 0.1) is 0 Å². The van der Waals surface area contributed by atoms with Gasteiger partial charge in [-0.2, -0.15) is 0 Å². The molecule has 0 heterocycles. The van der Waals surface area contributed by atoms with Crippen LogP contribution in [0.4, 0.5) is 0 Å². The smallest absolute Gasteiger partial charge is 0.198 e. The summed E-state index contributed by atoms with van der Waals surface area (Å²) in [6.07, 6.45) is 15.2. The van der Waals surface area contributed by atoms with Crippen molar-refractivity contribution in [3.8, 4) is 0 Å². The zero-order valence-electron chi connectivity index (χ0n) is 16.2. The van der Waals surface area contributed by atoms with E-state index in [1.807, 2.05) is 0 Å². The first-order chi connectivity index (χ1) is 10.0. The van der Waals surface area contributed by atoms with Gasteiger partial charge in [-0.25, -0.2) is 0 Å². The fraction of sp³-hybridized carbons (Fsp3) is 1.00. The summed E-state index contributed by atoms with van der Waals surface area (Å²) in [7, 11) is -0.270. The fourth-order valence-corrected chi connectivity index (χ4v) is 7.93. The van der Waals surface area contributed by atoms with E-state index < -0.39 is 5.69 Å². The normalized spacial score (nSPS) is 10.8. The Labute approximate surface area is 158 Å². The predicted octanol–water partition coefficient (Wildman–Crippen LogP) is 6.40. The topological polar surface area (TPSA) is 145 Å². The Morgan fingerprint density at radius 2 is 0.917 bits per heavy atom. The Kier molecular flexibility index (Phi) is 29.8. The molecule has 0 fully saturated rings. The van der Waals surface area contributed by atoms with Gasteiger partial charge in [-0.3, -0.25) is 0 Å². The lowest BCUT2D eigenvalue weighted by Crippen LogP contribution is -2.04. The Hall–Kier alpha value is 0.930. The molecule has 154 valence electrons. The van der Waals surface area contributed by atoms with Crippen LogP contribution in [0.25, 0.3) is 0 Å². The van der Waals surface area contributed by atoms with E-state index in [0.717, 1.165) is 24.3 Å². The Balaban J connectivity index is -0.000000667. The van der Waals surface area contributed by atoms with Crippen LogP contribution in [0.2, 0.25) is 0 Å². The van der Waals surface area contributed by atoms with E-state index in [0.29, 0.717) is 0 Å². The minimum Gasteiger partial charge on any atom is -0.344 e. The first-order valence-corrected chi connectivity index (χ1v) is 13.8. The third kappa shape index (κ3) is 21.0. The first-order valence-electron chi connectivity index (χ1n) is 8.77. The second kappa shape index (κ2) is 22.0. The van der Waals surface area contributed by atoms with E-state index in [4.69, 9.17) is 0 Å². The largest absolute Gasteiger partial charge is 0.344 e. The molecule has 0 aliphatic carbocycles. The van der Waals surface area contributed by atoms with Crippen molar-refractivity contribution in [2.45, 2.75) is 90.9 Å². The van der Waals surface area contributed by atoms with Crippen molar-refractivity contribution in [1.29, 1.82) is 0 Å². The summed E-state index contributed by atoms with van der Waals surface area (Å²) in [6, 6.07) is 0. The van der Waals surface area contributed by atoms with Gasteiger partial charge in [0.25, 0.3) is 0 Å². The number of unbranched alkanes of at least 4 members (excludes halogenated alkanes) is 10. The van der Waals surface area contributed by atoms with Gasteiger partial charge in [0.05, 0.1) is 0 Å². The maximum Gasteiger partial charge on any atom is 0.198 e. The standard InChI is InChI=1S/C16H37O2PS2.3H3N/c1-3-5-7-9-11-13-15-21(19(17,18)20)16-14-12-10-8-6-4-2;;;/h17-18,20H,3-16H2,1-2H3;3*1H3. The molecule has 0 bridgehead atoms. The molecule has 0 saturated carbocycles. The number of rotatable bonds is 14. The van der Waals surface area contributed by atoms with Crippen molar-refractivity contribution in [3.05, 3.63) is 0 Å². The van der Waals surface area contributed by atoms with Crippen LogP contribution in [-0.2, 0) is 10.1 Å². The summed E-state index contributed by atoms with van der Waals surface area (Å²) in [5.74, 6) is 1.93. The minimum atomic E-state index is -2.93. The molecular formula is C16H46N3O2PS2. The highest BCUT2D eigenvalue weighted by atomic mass is 32.9. The molecule has 0 radical (unpaired) electrons. The molecule has 0 rings (SSSR count). The lowest BCUT2D eigenvalue weighted by Gasteiger charge is -2.16. The zero-order valence-corrected chi connectivity index (χ0v) is 18.8. The summed E-state index contributed by atoms with van der Waals surface area (Å²) in [6.45, 7) is 4.46. The van der Waals surface area contributed by atoms with Gasteiger partial charge in [0, 0.05) is 0 Å². The molecule has 24 heavy (non-hydrogen) atoms. The molecule has 0 aromatic carbocycles. The third-order valence-electron chi connectivity index (χ3n) is 3.81. The zero-order chi connectivity index (χ0) is 16.0. The van der Waals surface area contributed by atoms with Gasteiger partial charge in [-0.05, 0) is 24.3 Å². The number of hydrogen-bond acceptors (Lipinski definition) is 3. The highest BCUT2D eigenvalue weighted by molar-refractivity contribution is 8.65. The third-order valence-corrected chi connectivity index (χ3v) is 11.3. The van der Waals surface area contributed by atoms with E-state index in [-0.39, 0.29) is 28.5 Å². The van der Waals surface area contributed by atoms with Gasteiger partial charge >= 0.3 is 0 Å². The second-order valence-electron chi connectivity index (χ2n) is 5.92. The monoisotopic (exact) mass is 407 g/mol. The quantitative estimate of drug-likeness (QED) is 0.112. The van der Waals surface area contributed by atoms with Crippen molar-refractivity contribution in [2.24, 2.45) is 0 Å². The predicted molar refractivity (Wildman–Crippen MR) is 119 cm³/mol. The summed E-state index contributed by atoms with van der Waals surface area (Å²) in [4.78, 5) is 19.8. The number of thiol groups is 1. The van der Waals surface area contributed by atoms with Crippen molar-refractivity contribution in [2.75, 3.05) is 11.5 Å². The van der Waals surface area contributed by atoms with Gasteiger partial charge in [0.15, 0.2) is 5.69 Å². The lowest BCUT2D eigenvalue weighted by atomic mass is 10.1. The molecule has 0 aliphatic heterocycles. The van der Waals surface area contributed by atoms with Gasteiger partial charge in [0.2, 0.25) is 0 Å². The maximum atomic E-state index is 9.90. The summed E-state index contributed by atoms with van der Waals surface area (Å²) >= 11 is 4.10. The van der Waals surface area contributed by atoms with Crippen molar-refractivity contribution >= 4 is 28.0 Å². The Bertz CT molecular complexity index is 277. The van der Waals surface area contributed by atoms with E-state index >= 15 is 0 Å². The SMILES string of the molecule is CCCCCCCCS(CCCCCCCC)=P(O)(O)S.N.N.N. The van der Waals surface area contributed by atoms with Crippen LogP contribution >= 0.6 is 17.9 Å². The van der Waals surface area contributed by atoms with E-state index in [1.54, 1.807) is 0 Å². The Morgan fingerprint density at radius 3 is 1.21 bits per heavy atom. The molecule has 5 nitrogen and oxygen atoms in total. The van der Waals surface area contributed by atoms with E-state index in [2.05, 4.69) is 26.1 Å². The van der Waals surface area contributed by atoms with Crippen LogP contribution < -0.4 is 18.5 Å².